The predicted molar refractivity (Wildman–Crippen MR) is 137 cm³/mol. The number of rotatable bonds is 19. The van der Waals surface area contributed by atoms with Crippen LogP contribution in [0.4, 0.5) is 4.39 Å². The molecule has 1 rings (SSSR count). The van der Waals surface area contributed by atoms with Crippen LogP contribution in [0.3, 0.4) is 0 Å². The second-order valence-corrected chi connectivity index (χ2v) is 9.52. The first kappa shape index (κ1) is 30.4. The molecule has 0 heterocycles. The number of hydrogen-bond acceptors (Lipinski definition) is 4. The summed E-state index contributed by atoms with van der Waals surface area (Å²) < 4.78 is 24.7. The van der Waals surface area contributed by atoms with Crippen LogP contribution >= 0.6 is 11.6 Å². The lowest BCUT2D eigenvalue weighted by Crippen LogP contribution is -2.42. The van der Waals surface area contributed by atoms with E-state index >= 15 is 0 Å². The van der Waals surface area contributed by atoms with E-state index in [1.54, 1.807) is 13.8 Å². The minimum atomic E-state index is -1.47. The van der Waals surface area contributed by atoms with Gasteiger partial charge in [0.1, 0.15) is 0 Å². The fourth-order valence-corrected chi connectivity index (χ4v) is 4.31. The van der Waals surface area contributed by atoms with Gasteiger partial charge in [-0.1, -0.05) is 115 Å². The summed E-state index contributed by atoms with van der Waals surface area (Å²) in [7, 11) is 0. The molecule has 1 aromatic carbocycles. The molecule has 6 heteroatoms. The van der Waals surface area contributed by atoms with Crippen molar-refractivity contribution in [1.82, 2.24) is 0 Å². The van der Waals surface area contributed by atoms with E-state index in [9.17, 15) is 14.0 Å². The van der Waals surface area contributed by atoms with Crippen molar-refractivity contribution in [3.05, 3.63) is 29.0 Å². The Labute approximate surface area is 210 Å². The zero-order valence-corrected chi connectivity index (χ0v) is 22.2. The summed E-state index contributed by atoms with van der Waals surface area (Å²) in [6, 6.07) is 4.01. The molecule has 1 aromatic rings. The minimum absolute atomic E-state index is 0.0187. The van der Waals surface area contributed by atoms with Crippen LogP contribution in [-0.2, 0) is 14.3 Å². The lowest BCUT2D eigenvalue weighted by molar-refractivity contribution is -0.168. The first-order valence-corrected chi connectivity index (χ1v) is 13.6. The molecular formula is C28H44ClFO4. The first-order chi connectivity index (χ1) is 16.4. The van der Waals surface area contributed by atoms with Gasteiger partial charge in [-0.3, -0.25) is 9.59 Å². The molecule has 4 nitrogen and oxygen atoms in total. The highest BCUT2D eigenvalue weighted by atomic mass is 35.5. The summed E-state index contributed by atoms with van der Waals surface area (Å²) in [5.41, 5.74) is -1.47. The molecular weight excluding hydrogens is 455 g/mol. The molecule has 0 unspecified atom stereocenters. The van der Waals surface area contributed by atoms with Gasteiger partial charge in [-0.2, -0.15) is 0 Å². The van der Waals surface area contributed by atoms with Gasteiger partial charge in [-0.15, -0.1) is 0 Å². The molecule has 0 saturated carbocycles. The van der Waals surface area contributed by atoms with Gasteiger partial charge in [-0.05, 0) is 31.4 Å². The summed E-state index contributed by atoms with van der Waals surface area (Å²) in [6.07, 6.45) is 16.5. The molecule has 0 aliphatic carbocycles. The third kappa shape index (κ3) is 10.3. The molecule has 194 valence electrons. The van der Waals surface area contributed by atoms with E-state index in [1.807, 2.05) is 0 Å². The molecule has 0 radical (unpaired) electrons. The summed E-state index contributed by atoms with van der Waals surface area (Å²) in [6.45, 7) is 5.96. The smallest absolute Gasteiger partial charge is 0.329 e. The van der Waals surface area contributed by atoms with E-state index in [4.69, 9.17) is 21.1 Å². The highest BCUT2D eigenvalue weighted by Gasteiger charge is 2.46. The summed E-state index contributed by atoms with van der Waals surface area (Å²) >= 11 is 5.96. The van der Waals surface area contributed by atoms with Crippen molar-refractivity contribution in [2.24, 2.45) is 5.41 Å². The number of unbranched alkanes of at least 4 members (excludes halogenated alkanes) is 12. The van der Waals surface area contributed by atoms with Crippen molar-refractivity contribution in [2.45, 2.75) is 117 Å². The van der Waals surface area contributed by atoms with Crippen LogP contribution in [0.5, 0.6) is 5.75 Å². The number of ether oxygens (including phenoxy) is 2. The number of carbonyl (C=O) groups excluding carboxylic acids is 2. The second kappa shape index (κ2) is 17.8. The number of esters is 2. The molecule has 0 fully saturated rings. The number of para-hydroxylation sites is 1. The lowest BCUT2D eigenvalue weighted by Gasteiger charge is -2.27. The van der Waals surface area contributed by atoms with Crippen LogP contribution in [0, 0.1) is 11.2 Å². The van der Waals surface area contributed by atoms with Crippen molar-refractivity contribution in [2.75, 3.05) is 6.61 Å². The summed E-state index contributed by atoms with van der Waals surface area (Å²) in [5.74, 6) is -2.55. The van der Waals surface area contributed by atoms with Crippen LogP contribution in [0.25, 0.3) is 0 Å². The van der Waals surface area contributed by atoms with Gasteiger partial charge in [-0.25, -0.2) is 4.39 Å². The fraction of sp³-hybridized carbons (Fsp3) is 0.714. The summed E-state index contributed by atoms with van der Waals surface area (Å²) in [4.78, 5) is 25.6. The molecule has 34 heavy (non-hydrogen) atoms. The van der Waals surface area contributed by atoms with E-state index in [1.165, 1.54) is 76.3 Å². The van der Waals surface area contributed by atoms with E-state index in [-0.39, 0.29) is 30.2 Å². The third-order valence-corrected chi connectivity index (χ3v) is 6.88. The summed E-state index contributed by atoms with van der Waals surface area (Å²) in [5, 5.41) is -0.0187. The number of halogens is 2. The maximum atomic E-state index is 14.0. The molecule has 0 aliphatic heterocycles. The SMILES string of the molecule is CCCCCCCCCCCCCCCOC(=O)C(CC)(CC)C(=O)Oc1c(F)cccc1Cl. The monoisotopic (exact) mass is 498 g/mol. The highest BCUT2D eigenvalue weighted by Crippen LogP contribution is 2.34. The molecule has 0 saturated heterocycles. The Morgan fingerprint density at radius 3 is 1.76 bits per heavy atom. The molecule has 0 spiro atoms. The van der Waals surface area contributed by atoms with E-state index < -0.39 is 23.2 Å². The Morgan fingerprint density at radius 2 is 1.29 bits per heavy atom. The average Bonchev–Trinajstić information content (AvgIpc) is 2.83. The topological polar surface area (TPSA) is 52.6 Å². The predicted octanol–water partition coefficient (Wildman–Crippen LogP) is 8.83. The zero-order chi connectivity index (χ0) is 25.2. The van der Waals surface area contributed by atoms with Gasteiger partial charge in [0.15, 0.2) is 17.0 Å². The molecule has 0 amide bonds. The lowest BCUT2D eigenvalue weighted by atomic mass is 9.82. The van der Waals surface area contributed by atoms with Crippen molar-refractivity contribution in [3.8, 4) is 5.75 Å². The molecule has 0 N–H and O–H groups in total. The van der Waals surface area contributed by atoms with Gasteiger partial charge < -0.3 is 9.47 Å². The number of benzene rings is 1. The highest BCUT2D eigenvalue weighted by molar-refractivity contribution is 6.32. The van der Waals surface area contributed by atoms with Gasteiger partial charge in [0.25, 0.3) is 0 Å². The normalized spacial score (nSPS) is 11.4. The van der Waals surface area contributed by atoms with Gasteiger partial charge >= 0.3 is 11.9 Å². The number of carbonyl (C=O) groups is 2. The Hall–Kier alpha value is -1.62. The minimum Gasteiger partial charge on any atom is -0.465 e. The third-order valence-electron chi connectivity index (χ3n) is 6.58. The van der Waals surface area contributed by atoms with Crippen molar-refractivity contribution < 1.29 is 23.5 Å². The van der Waals surface area contributed by atoms with Crippen LogP contribution in [0.2, 0.25) is 5.02 Å². The van der Waals surface area contributed by atoms with Crippen molar-refractivity contribution >= 4 is 23.5 Å². The molecule has 0 bridgehead atoms. The number of hydrogen-bond donors (Lipinski definition) is 0. The standard InChI is InChI=1S/C28H44ClFO4/c1-4-7-8-9-10-11-12-13-14-15-16-17-18-22-33-26(31)28(5-2,6-3)27(32)34-25-23(29)20-19-21-24(25)30/h19-21H,4-18,22H2,1-3H3. The Bertz CT molecular complexity index is 698. The van der Waals surface area contributed by atoms with Gasteiger partial charge in [0, 0.05) is 0 Å². The van der Waals surface area contributed by atoms with Gasteiger partial charge in [0.2, 0.25) is 0 Å². The van der Waals surface area contributed by atoms with Gasteiger partial charge in [0.05, 0.1) is 11.6 Å². The average molecular weight is 499 g/mol. The second-order valence-electron chi connectivity index (χ2n) is 9.11. The Balaban J connectivity index is 2.29. The van der Waals surface area contributed by atoms with E-state index in [2.05, 4.69) is 6.92 Å². The van der Waals surface area contributed by atoms with Crippen LogP contribution in [0.1, 0.15) is 117 Å². The largest absolute Gasteiger partial charge is 0.465 e. The molecule has 0 aliphatic rings. The maximum absolute atomic E-state index is 14.0. The van der Waals surface area contributed by atoms with Crippen molar-refractivity contribution in [1.29, 1.82) is 0 Å². The Morgan fingerprint density at radius 1 is 0.794 bits per heavy atom. The zero-order valence-electron chi connectivity index (χ0n) is 21.4. The Kier molecular flexibility index (Phi) is 15.9. The first-order valence-electron chi connectivity index (χ1n) is 13.3. The van der Waals surface area contributed by atoms with E-state index in [0.717, 1.165) is 25.3 Å². The van der Waals surface area contributed by atoms with Crippen LogP contribution < -0.4 is 4.74 Å². The maximum Gasteiger partial charge on any atom is 0.329 e. The van der Waals surface area contributed by atoms with Crippen LogP contribution in [0.15, 0.2) is 18.2 Å². The molecule has 0 aromatic heterocycles. The fourth-order valence-electron chi connectivity index (χ4n) is 4.10. The van der Waals surface area contributed by atoms with Crippen LogP contribution in [-0.4, -0.2) is 18.5 Å². The molecule has 0 atom stereocenters. The quantitative estimate of drug-likeness (QED) is 0.0826. The van der Waals surface area contributed by atoms with E-state index in [0.29, 0.717) is 0 Å². The van der Waals surface area contributed by atoms with Crippen molar-refractivity contribution in [3.63, 3.8) is 0 Å².